The van der Waals surface area contributed by atoms with Crippen LogP contribution in [0.4, 0.5) is 0 Å². The quantitative estimate of drug-likeness (QED) is 0.672. The maximum Gasteiger partial charge on any atom is 0.170 e. The summed E-state index contributed by atoms with van der Waals surface area (Å²) < 4.78 is 1.85. The van der Waals surface area contributed by atoms with E-state index < -0.39 is 0 Å². The summed E-state index contributed by atoms with van der Waals surface area (Å²) in [7, 11) is 0. The Hall–Kier alpha value is -1.90. The van der Waals surface area contributed by atoms with Crippen molar-refractivity contribution in [2.45, 2.75) is 6.92 Å². The third-order valence-corrected chi connectivity index (χ3v) is 2.12. The van der Waals surface area contributed by atoms with Crippen LogP contribution < -0.4 is 0 Å². The highest BCUT2D eigenvalue weighted by atomic mass is 16.1. The van der Waals surface area contributed by atoms with Gasteiger partial charge in [0.15, 0.2) is 6.29 Å². The minimum absolute atomic E-state index is 0.452. The van der Waals surface area contributed by atoms with Crippen molar-refractivity contribution < 1.29 is 4.79 Å². The molecule has 0 radical (unpaired) electrons. The van der Waals surface area contributed by atoms with Gasteiger partial charge in [-0.05, 0) is 18.6 Å². The van der Waals surface area contributed by atoms with Crippen molar-refractivity contribution in [1.82, 2.24) is 9.55 Å². The monoisotopic (exact) mass is 186 g/mol. The van der Waals surface area contributed by atoms with Crippen LogP contribution in [0.25, 0.3) is 5.69 Å². The van der Waals surface area contributed by atoms with Gasteiger partial charge in [-0.15, -0.1) is 0 Å². The normalized spacial score (nSPS) is 10.1. The molecule has 0 atom stereocenters. The fourth-order valence-corrected chi connectivity index (χ4v) is 1.38. The maximum atomic E-state index is 10.5. The third-order valence-electron chi connectivity index (χ3n) is 2.12. The molecule has 0 aliphatic carbocycles. The van der Waals surface area contributed by atoms with Crippen LogP contribution in [0.15, 0.2) is 36.8 Å². The average molecular weight is 186 g/mol. The van der Waals surface area contributed by atoms with E-state index in [9.17, 15) is 4.79 Å². The number of aryl methyl sites for hydroxylation is 1. The van der Waals surface area contributed by atoms with Crippen LogP contribution >= 0.6 is 0 Å². The average Bonchev–Trinajstić information content (AvgIpc) is 2.67. The highest BCUT2D eigenvalue weighted by Crippen LogP contribution is 2.12. The molecule has 0 fully saturated rings. The molecule has 2 rings (SSSR count). The first-order valence-corrected chi connectivity index (χ1v) is 4.36. The Morgan fingerprint density at radius 1 is 1.36 bits per heavy atom. The molecule has 0 aliphatic rings. The molecule has 0 saturated carbocycles. The van der Waals surface area contributed by atoms with E-state index in [1.807, 2.05) is 35.8 Å². The second kappa shape index (κ2) is 3.46. The molecule has 1 aromatic carbocycles. The number of hydrogen-bond donors (Lipinski definition) is 0. The number of benzene rings is 1. The summed E-state index contributed by atoms with van der Waals surface area (Å²) in [4.78, 5) is 14.4. The van der Waals surface area contributed by atoms with Gasteiger partial charge in [-0.25, -0.2) is 4.98 Å². The number of carbonyl (C=O) groups excluding carboxylic acids is 1. The first-order valence-electron chi connectivity index (χ1n) is 4.36. The van der Waals surface area contributed by atoms with Gasteiger partial charge in [0.25, 0.3) is 0 Å². The molecule has 0 saturated heterocycles. The van der Waals surface area contributed by atoms with Crippen molar-refractivity contribution in [3.8, 4) is 5.69 Å². The standard InChI is InChI=1S/C11H10N2O/c1-9-4-2-3-5-11(9)13-6-10(7-14)12-8-13/h2-8H,1H3. The zero-order chi connectivity index (χ0) is 9.97. The predicted octanol–water partition coefficient (Wildman–Crippen LogP) is 1.99. The lowest BCUT2D eigenvalue weighted by Gasteiger charge is -2.04. The zero-order valence-electron chi connectivity index (χ0n) is 7.84. The minimum atomic E-state index is 0.452. The van der Waals surface area contributed by atoms with E-state index in [1.54, 1.807) is 12.5 Å². The molecule has 2 aromatic rings. The number of para-hydroxylation sites is 1. The SMILES string of the molecule is Cc1ccccc1-n1cnc(C=O)c1. The van der Waals surface area contributed by atoms with Crippen LogP contribution in [0.5, 0.6) is 0 Å². The molecule has 3 nitrogen and oxygen atoms in total. The fourth-order valence-electron chi connectivity index (χ4n) is 1.38. The Morgan fingerprint density at radius 2 is 2.14 bits per heavy atom. The van der Waals surface area contributed by atoms with Gasteiger partial charge in [-0.2, -0.15) is 0 Å². The van der Waals surface area contributed by atoms with Crippen LogP contribution in [0, 0.1) is 6.92 Å². The Morgan fingerprint density at radius 3 is 2.79 bits per heavy atom. The zero-order valence-corrected chi connectivity index (χ0v) is 7.84. The molecule has 0 spiro atoms. The van der Waals surface area contributed by atoms with E-state index in [1.165, 1.54) is 0 Å². The van der Waals surface area contributed by atoms with Crippen LogP contribution in [-0.2, 0) is 0 Å². The summed E-state index contributed by atoms with van der Waals surface area (Å²) >= 11 is 0. The molecule has 0 amide bonds. The number of rotatable bonds is 2. The molecule has 70 valence electrons. The smallest absolute Gasteiger partial charge is 0.170 e. The number of carbonyl (C=O) groups is 1. The van der Waals surface area contributed by atoms with Gasteiger partial charge in [0.2, 0.25) is 0 Å². The molecule has 0 unspecified atom stereocenters. The molecule has 1 heterocycles. The number of aromatic nitrogens is 2. The van der Waals surface area contributed by atoms with Gasteiger partial charge in [0.05, 0.1) is 0 Å². The highest BCUT2D eigenvalue weighted by Gasteiger charge is 2.01. The van der Waals surface area contributed by atoms with Gasteiger partial charge < -0.3 is 4.57 Å². The molecule has 14 heavy (non-hydrogen) atoms. The Labute approximate surface area is 82.0 Å². The van der Waals surface area contributed by atoms with E-state index in [4.69, 9.17) is 0 Å². The summed E-state index contributed by atoms with van der Waals surface area (Å²) in [6.45, 7) is 2.02. The van der Waals surface area contributed by atoms with Gasteiger partial charge in [0.1, 0.15) is 12.0 Å². The van der Waals surface area contributed by atoms with Crippen LogP contribution in [0.1, 0.15) is 16.1 Å². The van der Waals surface area contributed by atoms with E-state index in [0.717, 1.165) is 17.5 Å². The van der Waals surface area contributed by atoms with Crippen molar-refractivity contribution in [2.24, 2.45) is 0 Å². The topological polar surface area (TPSA) is 34.9 Å². The number of aldehydes is 1. The van der Waals surface area contributed by atoms with Crippen molar-refractivity contribution in [3.63, 3.8) is 0 Å². The lowest BCUT2D eigenvalue weighted by molar-refractivity contribution is 0.111. The summed E-state index contributed by atoms with van der Waals surface area (Å²) in [5.41, 5.74) is 2.66. The summed E-state index contributed by atoms with van der Waals surface area (Å²) in [5, 5.41) is 0. The molecular weight excluding hydrogens is 176 g/mol. The Bertz CT molecular complexity index is 460. The van der Waals surface area contributed by atoms with Crippen LogP contribution in [-0.4, -0.2) is 15.8 Å². The van der Waals surface area contributed by atoms with Crippen molar-refractivity contribution >= 4 is 6.29 Å². The van der Waals surface area contributed by atoms with E-state index in [-0.39, 0.29) is 0 Å². The van der Waals surface area contributed by atoms with Gasteiger partial charge >= 0.3 is 0 Å². The summed E-state index contributed by atoms with van der Waals surface area (Å²) in [6, 6.07) is 7.96. The van der Waals surface area contributed by atoms with E-state index in [0.29, 0.717) is 5.69 Å². The molecule has 1 aromatic heterocycles. The largest absolute Gasteiger partial charge is 0.305 e. The molecule has 0 aliphatic heterocycles. The van der Waals surface area contributed by atoms with E-state index in [2.05, 4.69) is 4.98 Å². The Kier molecular flexibility index (Phi) is 2.14. The molecule has 3 heteroatoms. The van der Waals surface area contributed by atoms with E-state index >= 15 is 0 Å². The second-order valence-corrected chi connectivity index (χ2v) is 3.11. The van der Waals surface area contributed by atoms with Gasteiger partial charge in [-0.3, -0.25) is 4.79 Å². The first kappa shape index (κ1) is 8.69. The number of imidazole rings is 1. The maximum absolute atomic E-state index is 10.5. The number of hydrogen-bond acceptors (Lipinski definition) is 2. The molecular formula is C11H10N2O. The lowest BCUT2D eigenvalue weighted by Crippen LogP contribution is -1.92. The summed E-state index contributed by atoms with van der Waals surface area (Å²) in [6.07, 6.45) is 4.11. The van der Waals surface area contributed by atoms with Gasteiger partial charge in [-0.1, -0.05) is 18.2 Å². The fraction of sp³-hybridized carbons (Fsp3) is 0.0909. The van der Waals surface area contributed by atoms with Crippen LogP contribution in [0.3, 0.4) is 0 Å². The highest BCUT2D eigenvalue weighted by molar-refractivity contribution is 5.71. The van der Waals surface area contributed by atoms with Crippen LogP contribution in [0.2, 0.25) is 0 Å². The summed E-state index contributed by atoms with van der Waals surface area (Å²) in [5.74, 6) is 0. The first-order chi connectivity index (χ1) is 6.81. The van der Waals surface area contributed by atoms with Crippen molar-refractivity contribution in [3.05, 3.63) is 48.0 Å². The molecule has 0 N–H and O–H groups in total. The third kappa shape index (κ3) is 1.44. The predicted molar refractivity (Wildman–Crippen MR) is 53.7 cm³/mol. The van der Waals surface area contributed by atoms with Gasteiger partial charge in [0, 0.05) is 11.9 Å². The minimum Gasteiger partial charge on any atom is -0.305 e. The Balaban J connectivity index is 2.49. The van der Waals surface area contributed by atoms with Crippen molar-refractivity contribution in [1.29, 1.82) is 0 Å². The number of nitrogens with zero attached hydrogens (tertiary/aromatic N) is 2. The van der Waals surface area contributed by atoms with Crippen molar-refractivity contribution in [2.75, 3.05) is 0 Å². The lowest BCUT2D eigenvalue weighted by atomic mass is 10.2. The second-order valence-electron chi connectivity index (χ2n) is 3.11. The molecule has 0 bridgehead atoms.